The molecule has 2 nitrogen and oxygen atoms in total. The van der Waals surface area contributed by atoms with E-state index >= 15 is 0 Å². The Bertz CT molecular complexity index is 432. The second-order valence-corrected chi connectivity index (χ2v) is 4.11. The van der Waals surface area contributed by atoms with Crippen molar-refractivity contribution in [2.24, 2.45) is 0 Å². The van der Waals surface area contributed by atoms with Gasteiger partial charge in [0.1, 0.15) is 10.4 Å². The monoisotopic (exact) mass is 283 g/mol. The van der Waals surface area contributed by atoms with Gasteiger partial charge in [-0.2, -0.15) is 0 Å². The van der Waals surface area contributed by atoms with Gasteiger partial charge >= 0.3 is 0 Å². The van der Waals surface area contributed by atoms with Crippen LogP contribution in [0.2, 0.25) is 5.02 Å². The van der Waals surface area contributed by atoms with Gasteiger partial charge in [-0.15, -0.1) is 0 Å². The molecule has 0 aliphatic heterocycles. The normalized spacial score (nSPS) is 10.0. The molecule has 1 aromatic heterocycles. The Kier molecular flexibility index (Phi) is 3.23. The van der Waals surface area contributed by atoms with Crippen LogP contribution < -0.4 is 4.74 Å². The minimum absolute atomic E-state index is 0.534. The highest BCUT2D eigenvalue weighted by Gasteiger charge is 1.99. The lowest BCUT2D eigenvalue weighted by Gasteiger charge is -2.04. The lowest BCUT2D eigenvalue weighted by molar-refractivity contribution is 0.462. The smallest absolute Gasteiger partial charge is 0.220 e. The fourth-order valence-corrected chi connectivity index (χ4v) is 1.61. The van der Waals surface area contributed by atoms with Crippen LogP contribution in [0.1, 0.15) is 0 Å². The number of nitrogens with zero attached hydrogens (tertiary/aromatic N) is 1. The third kappa shape index (κ3) is 2.94. The number of ether oxygens (including phenoxy) is 1. The van der Waals surface area contributed by atoms with Gasteiger partial charge in [0.15, 0.2) is 0 Å². The van der Waals surface area contributed by atoms with Crippen LogP contribution in [0.25, 0.3) is 0 Å². The molecule has 0 fully saturated rings. The van der Waals surface area contributed by atoms with Gasteiger partial charge in [-0.25, -0.2) is 4.98 Å². The first kappa shape index (κ1) is 10.5. The first-order valence-electron chi connectivity index (χ1n) is 4.30. The van der Waals surface area contributed by atoms with Gasteiger partial charge in [-0.05, 0) is 40.2 Å². The number of pyridine rings is 1. The number of hydrogen-bond donors (Lipinski definition) is 0. The topological polar surface area (TPSA) is 22.1 Å². The summed E-state index contributed by atoms with van der Waals surface area (Å²) < 4.78 is 6.25. The predicted molar refractivity (Wildman–Crippen MR) is 63.5 cm³/mol. The van der Waals surface area contributed by atoms with Crippen molar-refractivity contribution < 1.29 is 4.74 Å². The van der Waals surface area contributed by atoms with Crippen LogP contribution in [0, 0.1) is 0 Å². The Morgan fingerprint density at radius 3 is 2.67 bits per heavy atom. The van der Waals surface area contributed by atoms with Crippen LogP contribution in [0.5, 0.6) is 11.6 Å². The molecule has 1 heterocycles. The summed E-state index contributed by atoms with van der Waals surface area (Å²) in [5.41, 5.74) is 0. The maximum absolute atomic E-state index is 5.83. The van der Waals surface area contributed by atoms with E-state index in [0.717, 1.165) is 4.60 Å². The molecule has 2 rings (SSSR count). The van der Waals surface area contributed by atoms with Crippen LogP contribution in [-0.4, -0.2) is 4.98 Å². The number of halogens is 2. The number of aromatic nitrogens is 1. The van der Waals surface area contributed by atoms with Crippen LogP contribution in [-0.2, 0) is 0 Å². The maximum atomic E-state index is 5.83. The summed E-state index contributed by atoms with van der Waals surface area (Å²) in [4.78, 5) is 4.15. The van der Waals surface area contributed by atoms with E-state index in [9.17, 15) is 0 Å². The highest BCUT2D eigenvalue weighted by molar-refractivity contribution is 9.10. The zero-order chi connectivity index (χ0) is 10.7. The fraction of sp³-hybridized carbons (Fsp3) is 0. The van der Waals surface area contributed by atoms with E-state index in [-0.39, 0.29) is 0 Å². The van der Waals surface area contributed by atoms with Crippen molar-refractivity contribution in [3.63, 3.8) is 0 Å². The minimum Gasteiger partial charge on any atom is -0.439 e. The van der Waals surface area contributed by atoms with Crippen molar-refractivity contribution in [3.8, 4) is 11.6 Å². The standard InChI is InChI=1S/C11H7BrClNO/c12-10-5-2-6-11(14-10)15-9-4-1-3-8(13)7-9/h1-7H. The third-order valence-electron chi connectivity index (χ3n) is 1.71. The molecule has 0 bridgehead atoms. The number of rotatable bonds is 2. The van der Waals surface area contributed by atoms with Crippen molar-refractivity contribution in [2.75, 3.05) is 0 Å². The van der Waals surface area contributed by atoms with Gasteiger partial charge < -0.3 is 4.74 Å². The maximum Gasteiger partial charge on any atom is 0.220 e. The molecule has 0 saturated carbocycles. The second kappa shape index (κ2) is 4.64. The SMILES string of the molecule is Clc1cccc(Oc2cccc(Br)n2)c1. The third-order valence-corrected chi connectivity index (χ3v) is 2.38. The minimum atomic E-state index is 0.534. The van der Waals surface area contributed by atoms with Gasteiger partial charge in [-0.3, -0.25) is 0 Å². The van der Waals surface area contributed by atoms with Crippen molar-refractivity contribution in [3.05, 3.63) is 52.1 Å². The summed E-state index contributed by atoms with van der Waals surface area (Å²) in [5.74, 6) is 1.21. The predicted octanol–water partition coefficient (Wildman–Crippen LogP) is 4.29. The molecule has 76 valence electrons. The van der Waals surface area contributed by atoms with Crippen molar-refractivity contribution in [1.82, 2.24) is 4.98 Å². The quantitative estimate of drug-likeness (QED) is 0.768. The molecule has 0 N–H and O–H groups in total. The molecule has 0 aliphatic rings. The van der Waals surface area contributed by atoms with Crippen LogP contribution in [0.3, 0.4) is 0 Å². The van der Waals surface area contributed by atoms with Crippen molar-refractivity contribution in [1.29, 1.82) is 0 Å². The number of benzene rings is 1. The molecule has 0 unspecified atom stereocenters. The van der Waals surface area contributed by atoms with Crippen LogP contribution in [0.4, 0.5) is 0 Å². The van der Waals surface area contributed by atoms with Gasteiger partial charge in [0, 0.05) is 11.1 Å². The Labute approximate surface area is 101 Å². The lowest BCUT2D eigenvalue weighted by Crippen LogP contribution is -1.87. The molecule has 0 atom stereocenters. The van der Waals surface area contributed by atoms with Gasteiger partial charge in [0.25, 0.3) is 0 Å². The molecule has 4 heteroatoms. The zero-order valence-corrected chi connectivity index (χ0v) is 9.99. The molecule has 2 aromatic rings. The molecular formula is C11H7BrClNO. The van der Waals surface area contributed by atoms with Crippen molar-refractivity contribution >= 4 is 27.5 Å². The first-order valence-corrected chi connectivity index (χ1v) is 5.47. The molecule has 0 aliphatic carbocycles. The highest BCUT2D eigenvalue weighted by atomic mass is 79.9. The van der Waals surface area contributed by atoms with Crippen molar-refractivity contribution in [2.45, 2.75) is 0 Å². The van der Waals surface area contributed by atoms with E-state index in [1.54, 1.807) is 18.2 Å². The summed E-state index contributed by atoms with van der Waals surface area (Å²) in [5, 5.41) is 0.641. The first-order chi connectivity index (χ1) is 7.24. The van der Waals surface area contributed by atoms with E-state index in [0.29, 0.717) is 16.7 Å². The Morgan fingerprint density at radius 2 is 1.93 bits per heavy atom. The second-order valence-electron chi connectivity index (χ2n) is 2.86. The van der Waals surface area contributed by atoms with Crippen LogP contribution >= 0.6 is 27.5 Å². The largest absolute Gasteiger partial charge is 0.439 e. The van der Waals surface area contributed by atoms with E-state index in [4.69, 9.17) is 16.3 Å². The van der Waals surface area contributed by atoms with E-state index in [1.807, 2.05) is 24.3 Å². The molecule has 0 radical (unpaired) electrons. The van der Waals surface area contributed by atoms with Gasteiger partial charge in [-0.1, -0.05) is 23.7 Å². The summed E-state index contributed by atoms with van der Waals surface area (Å²) in [6.07, 6.45) is 0. The van der Waals surface area contributed by atoms with Crippen LogP contribution in [0.15, 0.2) is 47.1 Å². The summed E-state index contributed by atoms with van der Waals surface area (Å²) in [7, 11) is 0. The molecule has 15 heavy (non-hydrogen) atoms. The zero-order valence-electron chi connectivity index (χ0n) is 7.65. The molecule has 0 spiro atoms. The molecule has 0 saturated heterocycles. The van der Waals surface area contributed by atoms with E-state index < -0.39 is 0 Å². The Hall–Kier alpha value is -1.06. The molecular weight excluding hydrogens is 277 g/mol. The van der Waals surface area contributed by atoms with Gasteiger partial charge in [0.2, 0.25) is 5.88 Å². The lowest BCUT2D eigenvalue weighted by atomic mass is 10.3. The van der Waals surface area contributed by atoms with E-state index in [1.165, 1.54) is 0 Å². The molecule has 1 aromatic carbocycles. The summed E-state index contributed by atoms with van der Waals surface area (Å²) in [6, 6.07) is 12.7. The highest BCUT2D eigenvalue weighted by Crippen LogP contribution is 2.23. The molecule has 0 amide bonds. The van der Waals surface area contributed by atoms with E-state index in [2.05, 4.69) is 20.9 Å². The average Bonchev–Trinajstić information content (AvgIpc) is 2.17. The summed E-state index contributed by atoms with van der Waals surface area (Å²) >= 11 is 9.11. The Balaban J connectivity index is 2.22. The summed E-state index contributed by atoms with van der Waals surface area (Å²) in [6.45, 7) is 0. The Morgan fingerprint density at radius 1 is 1.13 bits per heavy atom. The average molecular weight is 285 g/mol. The number of hydrogen-bond acceptors (Lipinski definition) is 2. The van der Waals surface area contributed by atoms with Gasteiger partial charge in [0.05, 0.1) is 0 Å². The fourth-order valence-electron chi connectivity index (χ4n) is 1.10.